The van der Waals surface area contributed by atoms with E-state index in [1.54, 1.807) is 11.3 Å². The zero-order valence-corrected chi connectivity index (χ0v) is 11.9. The molecule has 4 heteroatoms. The second kappa shape index (κ2) is 4.98. The van der Waals surface area contributed by atoms with Crippen molar-refractivity contribution in [1.82, 2.24) is 9.97 Å². The van der Waals surface area contributed by atoms with Gasteiger partial charge in [-0.1, -0.05) is 24.4 Å². The lowest BCUT2D eigenvalue weighted by Gasteiger charge is -2.10. The topological polar surface area (TPSA) is 25.8 Å². The minimum atomic E-state index is 0.562. The van der Waals surface area contributed by atoms with E-state index in [1.807, 2.05) is 6.07 Å². The summed E-state index contributed by atoms with van der Waals surface area (Å²) < 4.78 is 0. The second-order valence-corrected chi connectivity index (χ2v) is 6.02. The summed E-state index contributed by atoms with van der Waals surface area (Å²) in [6.07, 6.45) is 5.07. The van der Waals surface area contributed by atoms with E-state index in [0.29, 0.717) is 11.1 Å². The maximum Gasteiger partial charge on any atom is 0.162 e. The van der Waals surface area contributed by atoms with Crippen molar-refractivity contribution in [3.63, 3.8) is 0 Å². The molecule has 94 valence electrons. The van der Waals surface area contributed by atoms with Crippen molar-refractivity contribution in [2.45, 2.75) is 38.5 Å². The van der Waals surface area contributed by atoms with E-state index >= 15 is 0 Å². The molecule has 1 aliphatic rings. The van der Waals surface area contributed by atoms with Crippen LogP contribution in [0.25, 0.3) is 11.4 Å². The Hall–Kier alpha value is -0.930. The van der Waals surface area contributed by atoms with Crippen molar-refractivity contribution < 1.29 is 0 Å². The summed E-state index contributed by atoms with van der Waals surface area (Å²) in [6.45, 7) is 2.09. The molecule has 0 amide bonds. The Morgan fingerprint density at radius 1 is 1.22 bits per heavy atom. The molecule has 2 aromatic rings. The fourth-order valence-electron chi connectivity index (χ4n) is 2.58. The molecule has 3 rings (SSSR count). The van der Waals surface area contributed by atoms with Crippen LogP contribution in [0.5, 0.6) is 0 Å². The molecule has 0 unspecified atom stereocenters. The molecule has 18 heavy (non-hydrogen) atoms. The van der Waals surface area contributed by atoms with Crippen LogP contribution in [0.2, 0.25) is 5.15 Å². The van der Waals surface area contributed by atoms with Crippen LogP contribution in [0.4, 0.5) is 0 Å². The van der Waals surface area contributed by atoms with Crippen LogP contribution in [0, 0.1) is 6.92 Å². The highest BCUT2D eigenvalue weighted by molar-refractivity contribution is 7.08. The van der Waals surface area contributed by atoms with E-state index in [0.717, 1.165) is 17.1 Å². The summed E-state index contributed by atoms with van der Waals surface area (Å²) in [5.41, 5.74) is 3.45. The van der Waals surface area contributed by atoms with Crippen molar-refractivity contribution >= 4 is 22.9 Å². The first-order valence-electron chi connectivity index (χ1n) is 6.31. The van der Waals surface area contributed by atoms with Gasteiger partial charge in [0, 0.05) is 22.6 Å². The van der Waals surface area contributed by atoms with Crippen LogP contribution >= 0.6 is 22.9 Å². The molecule has 1 saturated carbocycles. The highest BCUT2D eigenvalue weighted by Crippen LogP contribution is 2.35. The van der Waals surface area contributed by atoms with Gasteiger partial charge in [-0.25, -0.2) is 9.97 Å². The molecular weight excluding hydrogens is 264 g/mol. The van der Waals surface area contributed by atoms with Crippen LogP contribution in [0.3, 0.4) is 0 Å². The van der Waals surface area contributed by atoms with E-state index in [-0.39, 0.29) is 0 Å². The minimum Gasteiger partial charge on any atom is -0.233 e. The molecule has 0 N–H and O–H groups in total. The number of aromatic nitrogens is 2. The SMILES string of the molecule is Cc1cscc1-c1nc(Cl)cc(C2CCCC2)n1. The number of rotatable bonds is 2. The monoisotopic (exact) mass is 278 g/mol. The van der Waals surface area contributed by atoms with Crippen LogP contribution in [-0.4, -0.2) is 9.97 Å². The summed E-state index contributed by atoms with van der Waals surface area (Å²) in [4.78, 5) is 9.10. The summed E-state index contributed by atoms with van der Waals surface area (Å²) in [5.74, 6) is 1.35. The molecular formula is C14H15ClN2S. The zero-order valence-electron chi connectivity index (χ0n) is 10.3. The van der Waals surface area contributed by atoms with E-state index in [1.165, 1.54) is 31.2 Å². The highest BCUT2D eigenvalue weighted by Gasteiger charge is 2.20. The first-order chi connectivity index (χ1) is 8.74. The van der Waals surface area contributed by atoms with Crippen LogP contribution in [0.1, 0.15) is 42.9 Å². The van der Waals surface area contributed by atoms with Gasteiger partial charge in [0.15, 0.2) is 5.82 Å². The number of hydrogen-bond acceptors (Lipinski definition) is 3. The van der Waals surface area contributed by atoms with Gasteiger partial charge in [-0.3, -0.25) is 0 Å². The van der Waals surface area contributed by atoms with Gasteiger partial charge < -0.3 is 0 Å². The lowest BCUT2D eigenvalue weighted by molar-refractivity contribution is 0.695. The third-order valence-electron chi connectivity index (χ3n) is 3.58. The van der Waals surface area contributed by atoms with Crippen LogP contribution < -0.4 is 0 Å². The lowest BCUT2D eigenvalue weighted by Crippen LogP contribution is -2.00. The Labute approximate surface area is 116 Å². The molecule has 0 radical (unpaired) electrons. The van der Waals surface area contributed by atoms with E-state index in [2.05, 4.69) is 22.7 Å². The molecule has 0 spiro atoms. The zero-order chi connectivity index (χ0) is 12.5. The first kappa shape index (κ1) is 12.1. The van der Waals surface area contributed by atoms with Crippen molar-refractivity contribution in [3.8, 4) is 11.4 Å². The molecule has 2 aromatic heterocycles. The molecule has 0 aliphatic heterocycles. The standard InChI is InChI=1S/C14H15ClN2S/c1-9-7-18-8-11(9)14-16-12(6-13(15)17-14)10-4-2-3-5-10/h6-8,10H,2-5H2,1H3. The van der Waals surface area contributed by atoms with Gasteiger partial charge >= 0.3 is 0 Å². The van der Waals surface area contributed by atoms with Crippen LogP contribution in [0.15, 0.2) is 16.8 Å². The number of hydrogen-bond donors (Lipinski definition) is 0. The van der Waals surface area contributed by atoms with Crippen molar-refractivity contribution in [3.05, 3.63) is 33.2 Å². The molecule has 0 atom stereocenters. The summed E-state index contributed by atoms with van der Waals surface area (Å²) in [7, 11) is 0. The van der Waals surface area contributed by atoms with Gasteiger partial charge in [-0.05, 0) is 36.8 Å². The maximum atomic E-state index is 6.15. The summed E-state index contributed by atoms with van der Waals surface area (Å²) in [6, 6.07) is 1.93. The van der Waals surface area contributed by atoms with E-state index in [9.17, 15) is 0 Å². The second-order valence-electron chi connectivity index (χ2n) is 4.89. The highest BCUT2D eigenvalue weighted by atomic mass is 35.5. The first-order valence-corrected chi connectivity index (χ1v) is 7.64. The molecule has 1 fully saturated rings. The average Bonchev–Trinajstić information content (AvgIpc) is 2.98. The number of halogens is 1. The largest absolute Gasteiger partial charge is 0.233 e. The summed E-state index contributed by atoms with van der Waals surface area (Å²) >= 11 is 7.83. The number of nitrogens with zero attached hydrogens (tertiary/aromatic N) is 2. The van der Waals surface area contributed by atoms with Gasteiger partial charge in [0.1, 0.15) is 5.15 Å². The number of aryl methyl sites for hydroxylation is 1. The maximum absolute atomic E-state index is 6.15. The third-order valence-corrected chi connectivity index (χ3v) is 4.64. The predicted octanol–water partition coefficient (Wildman–Crippen LogP) is 4.82. The van der Waals surface area contributed by atoms with E-state index in [4.69, 9.17) is 16.6 Å². The van der Waals surface area contributed by atoms with Gasteiger partial charge in [-0.15, -0.1) is 0 Å². The summed E-state index contributed by atoms with van der Waals surface area (Å²) in [5, 5.41) is 4.78. The normalized spacial score (nSPS) is 16.3. The van der Waals surface area contributed by atoms with Gasteiger partial charge in [0.2, 0.25) is 0 Å². The van der Waals surface area contributed by atoms with Crippen molar-refractivity contribution in [2.75, 3.05) is 0 Å². The Balaban J connectivity index is 2.03. The molecule has 2 nitrogen and oxygen atoms in total. The molecule has 0 bridgehead atoms. The predicted molar refractivity (Wildman–Crippen MR) is 76.3 cm³/mol. The van der Waals surface area contributed by atoms with E-state index < -0.39 is 0 Å². The smallest absolute Gasteiger partial charge is 0.162 e. The minimum absolute atomic E-state index is 0.562. The Morgan fingerprint density at radius 2 is 2.00 bits per heavy atom. The third kappa shape index (κ3) is 2.29. The van der Waals surface area contributed by atoms with Gasteiger partial charge in [0.25, 0.3) is 0 Å². The molecule has 2 heterocycles. The molecule has 1 aliphatic carbocycles. The van der Waals surface area contributed by atoms with Crippen LogP contribution in [-0.2, 0) is 0 Å². The molecule has 0 saturated heterocycles. The fourth-order valence-corrected chi connectivity index (χ4v) is 3.59. The number of thiophene rings is 1. The quantitative estimate of drug-likeness (QED) is 0.736. The van der Waals surface area contributed by atoms with Gasteiger partial charge in [-0.2, -0.15) is 11.3 Å². The average molecular weight is 279 g/mol. The Kier molecular flexibility index (Phi) is 3.35. The Morgan fingerprint density at radius 3 is 2.67 bits per heavy atom. The Bertz CT molecular complexity index is 559. The lowest BCUT2D eigenvalue weighted by atomic mass is 10.0. The fraction of sp³-hybridized carbons (Fsp3) is 0.429. The molecule has 0 aromatic carbocycles. The van der Waals surface area contributed by atoms with Crippen molar-refractivity contribution in [2.24, 2.45) is 0 Å². The van der Waals surface area contributed by atoms with Gasteiger partial charge in [0.05, 0.1) is 0 Å². The van der Waals surface area contributed by atoms with Crippen molar-refractivity contribution in [1.29, 1.82) is 0 Å².